The van der Waals surface area contributed by atoms with Gasteiger partial charge in [-0.3, -0.25) is 0 Å². The van der Waals surface area contributed by atoms with Crippen molar-refractivity contribution in [2.75, 3.05) is 24.1 Å². The molecule has 0 radical (unpaired) electrons. The lowest BCUT2D eigenvalue weighted by atomic mass is 10.1. The summed E-state index contributed by atoms with van der Waals surface area (Å²) < 4.78 is 17.3. The van der Waals surface area contributed by atoms with Crippen LogP contribution < -0.4 is 24.4 Å². The Morgan fingerprint density at radius 3 is 2.30 bits per heavy atom. The van der Waals surface area contributed by atoms with Gasteiger partial charge in [-0.15, -0.1) is 0 Å². The van der Waals surface area contributed by atoms with Crippen molar-refractivity contribution in [1.82, 2.24) is 0 Å². The van der Waals surface area contributed by atoms with Gasteiger partial charge in [-0.05, 0) is 60.7 Å². The summed E-state index contributed by atoms with van der Waals surface area (Å²) in [7, 11) is 1.69. The fourth-order valence-electron chi connectivity index (χ4n) is 3.89. The standard InChI is InChI=1S/C28H26N2O3/c1-31-27-8-4-2-6-21(27)18-29-23-10-14-25(15-11-23)33-26-16-12-24(13-17-26)30-19-22-7-3-5-9-28(22)32-20-30/h2-17,29H,18-20H2,1H3. The Morgan fingerprint density at radius 2 is 1.52 bits per heavy atom. The second-order valence-corrected chi connectivity index (χ2v) is 7.86. The maximum atomic E-state index is 6.03. The summed E-state index contributed by atoms with van der Waals surface area (Å²) in [6, 6.07) is 32.3. The number of fused-ring (bicyclic) bond motifs is 1. The topological polar surface area (TPSA) is 43.0 Å². The fraction of sp³-hybridized carbons (Fsp3) is 0.143. The number of rotatable bonds is 7. The lowest BCUT2D eigenvalue weighted by Crippen LogP contribution is -2.31. The number of hydrogen-bond acceptors (Lipinski definition) is 5. The molecule has 166 valence electrons. The molecule has 5 heteroatoms. The molecule has 5 nitrogen and oxygen atoms in total. The molecule has 33 heavy (non-hydrogen) atoms. The lowest BCUT2D eigenvalue weighted by Gasteiger charge is -2.30. The molecule has 0 saturated carbocycles. The fourth-order valence-corrected chi connectivity index (χ4v) is 3.89. The summed E-state index contributed by atoms with van der Waals surface area (Å²) in [4.78, 5) is 2.20. The number of anilines is 2. The van der Waals surface area contributed by atoms with Crippen LogP contribution in [0.5, 0.6) is 23.0 Å². The summed E-state index contributed by atoms with van der Waals surface area (Å²) in [6.07, 6.45) is 0. The van der Waals surface area contributed by atoms with E-state index in [0.717, 1.165) is 46.5 Å². The third kappa shape index (κ3) is 4.88. The summed E-state index contributed by atoms with van der Waals surface area (Å²) in [5.74, 6) is 3.44. The van der Waals surface area contributed by atoms with Crippen LogP contribution in [0.15, 0.2) is 97.1 Å². The Balaban J connectivity index is 1.18. The molecule has 1 aliphatic rings. The quantitative estimate of drug-likeness (QED) is 0.359. The van der Waals surface area contributed by atoms with Crippen molar-refractivity contribution in [2.24, 2.45) is 0 Å². The number of hydrogen-bond donors (Lipinski definition) is 1. The molecule has 0 aliphatic carbocycles. The van der Waals surface area contributed by atoms with E-state index in [9.17, 15) is 0 Å². The molecule has 0 atom stereocenters. The number of nitrogens with zero attached hydrogens (tertiary/aromatic N) is 1. The normalized spacial score (nSPS) is 12.5. The van der Waals surface area contributed by atoms with Crippen LogP contribution in [0.25, 0.3) is 0 Å². The van der Waals surface area contributed by atoms with Crippen LogP contribution in [0, 0.1) is 0 Å². The highest BCUT2D eigenvalue weighted by Crippen LogP contribution is 2.30. The van der Waals surface area contributed by atoms with E-state index in [0.29, 0.717) is 13.3 Å². The van der Waals surface area contributed by atoms with Crippen molar-refractivity contribution in [3.63, 3.8) is 0 Å². The van der Waals surface area contributed by atoms with Crippen LogP contribution in [0.1, 0.15) is 11.1 Å². The van der Waals surface area contributed by atoms with Crippen molar-refractivity contribution in [3.8, 4) is 23.0 Å². The predicted octanol–water partition coefficient (Wildman–Crippen LogP) is 6.46. The van der Waals surface area contributed by atoms with Crippen LogP contribution in [-0.4, -0.2) is 13.8 Å². The summed E-state index contributed by atoms with van der Waals surface area (Å²) >= 11 is 0. The summed E-state index contributed by atoms with van der Waals surface area (Å²) in [5, 5.41) is 3.42. The first-order valence-corrected chi connectivity index (χ1v) is 11.0. The molecule has 1 heterocycles. The maximum absolute atomic E-state index is 6.03. The van der Waals surface area contributed by atoms with E-state index in [-0.39, 0.29) is 0 Å². The molecule has 0 bridgehead atoms. The van der Waals surface area contributed by atoms with E-state index in [1.807, 2.05) is 72.8 Å². The van der Waals surface area contributed by atoms with E-state index in [2.05, 4.69) is 34.5 Å². The summed E-state index contributed by atoms with van der Waals surface area (Å²) in [6.45, 7) is 2.07. The summed E-state index contributed by atoms with van der Waals surface area (Å²) in [5.41, 5.74) is 4.44. The van der Waals surface area contributed by atoms with Gasteiger partial charge >= 0.3 is 0 Å². The van der Waals surface area contributed by atoms with Gasteiger partial charge in [0.1, 0.15) is 23.0 Å². The third-order valence-electron chi connectivity index (χ3n) is 5.68. The van der Waals surface area contributed by atoms with Gasteiger partial charge in [0, 0.05) is 35.6 Å². The Morgan fingerprint density at radius 1 is 0.818 bits per heavy atom. The van der Waals surface area contributed by atoms with Gasteiger partial charge in [-0.1, -0.05) is 36.4 Å². The molecule has 0 fully saturated rings. The van der Waals surface area contributed by atoms with Crippen LogP contribution >= 0.6 is 0 Å². The van der Waals surface area contributed by atoms with E-state index in [4.69, 9.17) is 14.2 Å². The van der Waals surface area contributed by atoms with Gasteiger partial charge in [0.2, 0.25) is 0 Å². The minimum Gasteiger partial charge on any atom is -0.496 e. The average molecular weight is 439 g/mol. The third-order valence-corrected chi connectivity index (χ3v) is 5.68. The molecule has 0 amide bonds. The Hall–Kier alpha value is -4.12. The largest absolute Gasteiger partial charge is 0.496 e. The Kier molecular flexibility index (Phi) is 6.02. The van der Waals surface area contributed by atoms with Crippen molar-refractivity contribution in [2.45, 2.75) is 13.1 Å². The first-order valence-electron chi connectivity index (χ1n) is 11.0. The molecular weight excluding hydrogens is 412 g/mol. The highest BCUT2D eigenvalue weighted by molar-refractivity contribution is 5.53. The van der Waals surface area contributed by atoms with Crippen LogP contribution in [0.3, 0.4) is 0 Å². The zero-order valence-corrected chi connectivity index (χ0v) is 18.5. The molecule has 1 N–H and O–H groups in total. The minimum absolute atomic E-state index is 0.542. The van der Waals surface area contributed by atoms with Gasteiger partial charge in [-0.2, -0.15) is 0 Å². The molecule has 4 aromatic rings. The minimum atomic E-state index is 0.542. The molecule has 4 aromatic carbocycles. The number of methoxy groups -OCH3 is 1. The number of nitrogens with one attached hydrogen (secondary N) is 1. The molecule has 0 spiro atoms. The highest BCUT2D eigenvalue weighted by Gasteiger charge is 2.17. The van der Waals surface area contributed by atoms with Gasteiger partial charge in [-0.25, -0.2) is 0 Å². The smallest absolute Gasteiger partial charge is 0.161 e. The molecule has 0 saturated heterocycles. The van der Waals surface area contributed by atoms with E-state index in [1.165, 1.54) is 5.56 Å². The number of ether oxygens (including phenoxy) is 3. The monoisotopic (exact) mass is 438 g/mol. The van der Waals surface area contributed by atoms with Crippen molar-refractivity contribution in [1.29, 1.82) is 0 Å². The zero-order chi connectivity index (χ0) is 22.5. The first kappa shape index (κ1) is 20.8. The zero-order valence-electron chi connectivity index (χ0n) is 18.5. The van der Waals surface area contributed by atoms with E-state index >= 15 is 0 Å². The van der Waals surface area contributed by atoms with E-state index in [1.54, 1.807) is 7.11 Å². The van der Waals surface area contributed by atoms with Gasteiger partial charge in [0.05, 0.1) is 7.11 Å². The number of benzene rings is 4. The van der Waals surface area contributed by atoms with Crippen molar-refractivity contribution >= 4 is 11.4 Å². The number of para-hydroxylation sites is 2. The SMILES string of the molecule is COc1ccccc1CNc1ccc(Oc2ccc(N3COc4ccccc4C3)cc2)cc1. The molecule has 5 rings (SSSR count). The predicted molar refractivity (Wildman–Crippen MR) is 131 cm³/mol. The van der Waals surface area contributed by atoms with Crippen molar-refractivity contribution < 1.29 is 14.2 Å². The average Bonchev–Trinajstić information content (AvgIpc) is 2.88. The van der Waals surface area contributed by atoms with E-state index < -0.39 is 0 Å². The lowest BCUT2D eigenvalue weighted by molar-refractivity contribution is 0.289. The first-order chi connectivity index (χ1) is 16.3. The maximum Gasteiger partial charge on any atom is 0.161 e. The second-order valence-electron chi connectivity index (χ2n) is 7.86. The van der Waals surface area contributed by atoms with Gasteiger partial charge < -0.3 is 24.4 Å². The van der Waals surface area contributed by atoms with Crippen LogP contribution in [-0.2, 0) is 13.1 Å². The van der Waals surface area contributed by atoms with Crippen molar-refractivity contribution in [3.05, 3.63) is 108 Å². The molecule has 0 aromatic heterocycles. The Labute approximate surface area is 194 Å². The highest BCUT2D eigenvalue weighted by atomic mass is 16.5. The molecule has 0 unspecified atom stereocenters. The van der Waals surface area contributed by atoms with Gasteiger partial charge in [0.15, 0.2) is 6.73 Å². The molecule has 1 aliphatic heterocycles. The second kappa shape index (κ2) is 9.57. The van der Waals surface area contributed by atoms with Crippen LogP contribution in [0.4, 0.5) is 11.4 Å². The van der Waals surface area contributed by atoms with Gasteiger partial charge in [0.25, 0.3) is 0 Å². The van der Waals surface area contributed by atoms with Crippen LogP contribution in [0.2, 0.25) is 0 Å². The molecular formula is C28H26N2O3. The Bertz CT molecular complexity index is 1210.